The average molecular weight is 428 g/mol. The van der Waals surface area contributed by atoms with Crippen LogP contribution < -0.4 is 10.1 Å². The Balaban J connectivity index is 1.93. The molecular formula is C22H24N2O7. The molecular weight excluding hydrogens is 404 g/mol. The lowest BCUT2D eigenvalue weighted by Crippen LogP contribution is -2.30. The minimum absolute atomic E-state index is 0.0472. The lowest BCUT2D eigenvalue weighted by molar-refractivity contribution is -0.384. The molecule has 2 rings (SSSR count). The van der Waals surface area contributed by atoms with Gasteiger partial charge >= 0.3 is 5.97 Å². The summed E-state index contributed by atoms with van der Waals surface area (Å²) >= 11 is 0. The minimum Gasteiger partial charge on any atom is -0.495 e. The van der Waals surface area contributed by atoms with Crippen LogP contribution >= 0.6 is 0 Å². The zero-order valence-corrected chi connectivity index (χ0v) is 17.8. The zero-order chi connectivity index (χ0) is 23.1. The summed E-state index contributed by atoms with van der Waals surface area (Å²) in [7, 11) is 1.35. The molecule has 1 atom stereocenters. The van der Waals surface area contributed by atoms with Crippen molar-refractivity contribution < 1.29 is 28.8 Å². The van der Waals surface area contributed by atoms with E-state index in [1.165, 1.54) is 26.2 Å². The third-order valence-electron chi connectivity index (χ3n) is 4.71. The maximum Gasteiger partial charge on any atom is 0.307 e. The molecule has 1 amide bonds. The number of nitrogens with zero attached hydrogens (tertiary/aromatic N) is 1. The number of nitrogens with one attached hydrogen (secondary N) is 1. The molecule has 164 valence electrons. The largest absolute Gasteiger partial charge is 0.495 e. The number of carbonyl (C=O) groups is 3. The van der Waals surface area contributed by atoms with Crippen LogP contribution in [0.25, 0.3) is 0 Å². The van der Waals surface area contributed by atoms with Gasteiger partial charge in [-0.3, -0.25) is 24.5 Å². The molecule has 0 aliphatic rings. The molecule has 0 fully saturated rings. The number of aryl methyl sites for hydroxylation is 2. The van der Waals surface area contributed by atoms with Gasteiger partial charge in [0.15, 0.2) is 11.9 Å². The fourth-order valence-corrected chi connectivity index (χ4v) is 2.73. The van der Waals surface area contributed by atoms with Crippen LogP contribution in [0.3, 0.4) is 0 Å². The normalized spacial score (nSPS) is 11.4. The molecule has 2 aromatic carbocycles. The Hall–Kier alpha value is -3.75. The summed E-state index contributed by atoms with van der Waals surface area (Å²) in [5, 5.41) is 13.4. The molecule has 0 saturated carbocycles. The molecule has 0 aliphatic carbocycles. The van der Waals surface area contributed by atoms with Gasteiger partial charge in [0, 0.05) is 24.1 Å². The maximum absolute atomic E-state index is 12.3. The van der Waals surface area contributed by atoms with Gasteiger partial charge in [-0.2, -0.15) is 0 Å². The van der Waals surface area contributed by atoms with E-state index in [0.717, 1.165) is 17.2 Å². The van der Waals surface area contributed by atoms with Crippen LogP contribution in [-0.4, -0.2) is 35.8 Å². The van der Waals surface area contributed by atoms with Gasteiger partial charge in [0.25, 0.3) is 11.6 Å². The van der Waals surface area contributed by atoms with Crippen LogP contribution in [0.15, 0.2) is 36.4 Å². The zero-order valence-electron chi connectivity index (χ0n) is 17.8. The molecule has 0 heterocycles. The molecule has 9 nitrogen and oxygen atoms in total. The van der Waals surface area contributed by atoms with E-state index < -0.39 is 22.9 Å². The Bertz CT molecular complexity index is 1020. The third-order valence-corrected chi connectivity index (χ3v) is 4.71. The van der Waals surface area contributed by atoms with E-state index in [2.05, 4.69) is 5.32 Å². The van der Waals surface area contributed by atoms with Crippen molar-refractivity contribution in [2.24, 2.45) is 0 Å². The quantitative estimate of drug-likeness (QED) is 0.279. The Labute approximate surface area is 179 Å². The Morgan fingerprint density at radius 2 is 1.77 bits per heavy atom. The van der Waals surface area contributed by atoms with Gasteiger partial charge in [-0.25, -0.2) is 0 Å². The number of Topliss-reactive ketones (excluding diaryl/α,β-unsaturated/α-hetero) is 1. The summed E-state index contributed by atoms with van der Waals surface area (Å²) in [6, 6.07) is 9.06. The molecule has 0 spiro atoms. The fourth-order valence-electron chi connectivity index (χ4n) is 2.73. The Morgan fingerprint density at radius 1 is 1.06 bits per heavy atom. The predicted molar refractivity (Wildman–Crippen MR) is 113 cm³/mol. The van der Waals surface area contributed by atoms with Crippen molar-refractivity contribution >= 4 is 29.0 Å². The summed E-state index contributed by atoms with van der Waals surface area (Å²) in [4.78, 5) is 47.0. The standard InChI is InChI=1S/C22H24N2O7/c1-13-5-6-16(11-14(13)2)19(25)8-10-21(26)31-15(3)22(27)23-18-12-17(24(28)29)7-9-20(18)30-4/h5-7,9,11-12,15H,8,10H2,1-4H3,(H,23,27). The van der Waals surface area contributed by atoms with Gasteiger partial charge in [-0.05, 0) is 44.0 Å². The van der Waals surface area contributed by atoms with E-state index in [-0.39, 0.29) is 35.7 Å². The highest BCUT2D eigenvalue weighted by molar-refractivity contribution is 5.99. The summed E-state index contributed by atoms with van der Waals surface area (Å²) in [5.41, 5.74) is 2.41. The highest BCUT2D eigenvalue weighted by Gasteiger charge is 2.21. The second-order valence-electron chi connectivity index (χ2n) is 6.99. The number of hydrogen-bond donors (Lipinski definition) is 1. The highest BCUT2D eigenvalue weighted by atomic mass is 16.6. The SMILES string of the molecule is COc1ccc([N+](=O)[O-])cc1NC(=O)C(C)OC(=O)CCC(=O)c1ccc(C)c(C)c1. The maximum atomic E-state index is 12.3. The second-order valence-corrected chi connectivity index (χ2v) is 6.99. The number of anilines is 1. The second kappa shape index (κ2) is 10.3. The fraction of sp³-hybridized carbons (Fsp3) is 0.318. The molecule has 9 heteroatoms. The number of benzene rings is 2. The molecule has 1 unspecified atom stereocenters. The predicted octanol–water partition coefficient (Wildman–Crippen LogP) is 3.75. The summed E-state index contributed by atoms with van der Waals surface area (Å²) in [5.74, 6) is -1.37. The van der Waals surface area contributed by atoms with Crippen molar-refractivity contribution in [2.45, 2.75) is 39.7 Å². The number of nitro groups is 1. The molecule has 31 heavy (non-hydrogen) atoms. The van der Waals surface area contributed by atoms with E-state index >= 15 is 0 Å². The summed E-state index contributed by atoms with van der Waals surface area (Å²) in [6.07, 6.45) is -1.40. The van der Waals surface area contributed by atoms with Gasteiger partial charge in [0.2, 0.25) is 0 Å². The van der Waals surface area contributed by atoms with E-state index in [0.29, 0.717) is 5.56 Å². The van der Waals surface area contributed by atoms with Crippen molar-refractivity contribution in [2.75, 3.05) is 12.4 Å². The molecule has 1 N–H and O–H groups in total. The molecule has 0 aliphatic heterocycles. The summed E-state index contributed by atoms with van der Waals surface area (Å²) < 4.78 is 10.2. The van der Waals surface area contributed by atoms with Crippen molar-refractivity contribution in [3.05, 3.63) is 63.2 Å². The van der Waals surface area contributed by atoms with Gasteiger partial charge in [0.1, 0.15) is 5.75 Å². The first-order chi connectivity index (χ1) is 14.6. The third kappa shape index (κ3) is 6.36. The van der Waals surface area contributed by atoms with Crippen molar-refractivity contribution in [3.8, 4) is 5.75 Å². The van der Waals surface area contributed by atoms with Crippen LogP contribution in [0.5, 0.6) is 5.75 Å². The molecule has 0 bridgehead atoms. The van der Waals surface area contributed by atoms with Crippen LogP contribution in [-0.2, 0) is 14.3 Å². The van der Waals surface area contributed by atoms with E-state index in [9.17, 15) is 24.5 Å². The Morgan fingerprint density at radius 3 is 2.39 bits per heavy atom. The molecule has 0 saturated heterocycles. The minimum atomic E-state index is -1.17. The number of rotatable bonds is 9. The number of nitro benzene ring substituents is 1. The Kier molecular flexibility index (Phi) is 7.84. The van der Waals surface area contributed by atoms with Crippen molar-refractivity contribution in [1.29, 1.82) is 0 Å². The smallest absolute Gasteiger partial charge is 0.307 e. The number of ether oxygens (including phenoxy) is 2. The monoisotopic (exact) mass is 428 g/mol. The van der Waals surface area contributed by atoms with Gasteiger partial charge in [0.05, 0.1) is 24.1 Å². The first-order valence-electron chi connectivity index (χ1n) is 9.55. The van der Waals surface area contributed by atoms with Gasteiger partial charge in [-0.15, -0.1) is 0 Å². The van der Waals surface area contributed by atoms with Crippen LogP contribution in [0.2, 0.25) is 0 Å². The van der Waals surface area contributed by atoms with Gasteiger partial charge < -0.3 is 14.8 Å². The van der Waals surface area contributed by atoms with Crippen LogP contribution in [0.4, 0.5) is 11.4 Å². The lowest BCUT2D eigenvalue weighted by atomic mass is 10.0. The lowest BCUT2D eigenvalue weighted by Gasteiger charge is -2.15. The number of hydrogen-bond acceptors (Lipinski definition) is 7. The van der Waals surface area contributed by atoms with Crippen molar-refractivity contribution in [1.82, 2.24) is 0 Å². The van der Waals surface area contributed by atoms with E-state index in [1.807, 2.05) is 19.9 Å². The van der Waals surface area contributed by atoms with E-state index in [4.69, 9.17) is 9.47 Å². The molecule has 0 radical (unpaired) electrons. The average Bonchev–Trinajstić information content (AvgIpc) is 2.73. The first kappa shape index (κ1) is 23.5. The van der Waals surface area contributed by atoms with Crippen LogP contribution in [0.1, 0.15) is 41.3 Å². The highest BCUT2D eigenvalue weighted by Crippen LogP contribution is 2.29. The van der Waals surface area contributed by atoms with Gasteiger partial charge in [-0.1, -0.05) is 12.1 Å². The number of amides is 1. The molecule has 0 aromatic heterocycles. The number of carbonyl (C=O) groups excluding carboxylic acids is 3. The number of ketones is 1. The molecule has 2 aromatic rings. The number of methoxy groups -OCH3 is 1. The number of esters is 1. The number of non-ortho nitro benzene ring substituents is 1. The topological polar surface area (TPSA) is 125 Å². The van der Waals surface area contributed by atoms with Crippen molar-refractivity contribution in [3.63, 3.8) is 0 Å². The first-order valence-corrected chi connectivity index (χ1v) is 9.55. The van der Waals surface area contributed by atoms with Crippen LogP contribution in [0, 0.1) is 24.0 Å². The summed E-state index contributed by atoms with van der Waals surface area (Å²) in [6.45, 7) is 5.20. The van der Waals surface area contributed by atoms with E-state index in [1.54, 1.807) is 12.1 Å².